The topological polar surface area (TPSA) is 80.3 Å². The summed E-state index contributed by atoms with van der Waals surface area (Å²) in [6.45, 7) is 2.52. The molecule has 0 bridgehead atoms. The molecule has 0 saturated heterocycles. The lowest BCUT2D eigenvalue weighted by Gasteiger charge is -2.15. The fourth-order valence-electron chi connectivity index (χ4n) is 3.43. The second-order valence-electron chi connectivity index (χ2n) is 7.70. The molecular formula is C25H25N3O3. The molecule has 1 aliphatic rings. The number of rotatable bonds is 7. The fraction of sp³-hybridized carbons (Fsp3) is 0.240. The van der Waals surface area contributed by atoms with Crippen molar-refractivity contribution < 1.29 is 14.3 Å². The van der Waals surface area contributed by atoms with E-state index in [1.54, 1.807) is 12.3 Å². The van der Waals surface area contributed by atoms with Gasteiger partial charge in [-0.25, -0.2) is 9.78 Å². The Balaban J connectivity index is 1.48. The van der Waals surface area contributed by atoms with Gasteiger partial charge < -0.3 is 15.4 Å². The average Bonchev–Trinajstić information content (AvgIpc) is 3.65. The number of nitrogens with one attached hydrogen (secondary N) is 2. The van der Waals surface area contributed by atoms with Crippen LogP contribution < -0.4 is 10.6 Å². The summed E-state index contributed by atoms with van der Waals surface area (Å²) in [7, 11) is 1.38. The normalized spacial score (nSPS) is 12.8. The molecule has 6 heteroatoms. The Morgan fingerprint density at radius 1 is 1.06 bits per heavy atom. The Morgan fingerprint density at radius 3 is 2.52 bits per heavy atom. The second-order valence-corrected chi connectivity index (χ2v) is 7.70. The minimum absolute atomic E-state index is 0.0628. The summed E-state index contributed by atoms with van der Waals surface area (Å²) in [5, 5.41) is 6.36. The van der Waals surface area contributed by atoms with Crippen LogP contribution in [0.3, 0.4) is 0 Å². The van der Waals surface area contributed by atoms with Crippen LogP contribution in [0.15, 0.2) is 60.8 Å². The molecule has 1 amide bonds. The maximum absolute atomic E-state index is 12.2. The highest BCUT2D eigenvalue weighted by molar-refractivity contribution is 5.98. The van der Waals surface area contributed by atoms with Gasteiger partial charge in [-0.1, -0.05) is 42.5 Å². The molecule has 1 heterocycles. The van der Waals surface area contributed by atoms with Crippen molar-refractivity contribution in [2.75, 3.05) is 17.7 Å². The molecule has 0 atom stereocenters. The number of benzene rings is 2. The molecule has 2 N–H and O–H groups in total. The predicted molar refractivity (Wildman–Crippen MR) is 121 cm³/mol. The third kappa shape index (κ3) is 4.74. The molecule has 1 aromatic heterocycles. The molecule has 31 heavy (non-hydrogen) atoms. The molecule has 0 unspecified atom stereocenters. The standard InChI is InChI=1S/C25H25N3O3/c1-16-13-14-26-23(22(16)28-24(29)19-11-12-19)27-15-17-7-9-18(10-8-17)20-5-3-4-6-21(20)25(30)31-2/h3-10,13-14,19H,11-12,15H2,1-2H3,(H,26,27)(H,28,29). The fourth-order valence-corrected chi connectivity index (χ4v) is 3.43. The number of amides is 1. The van der Waals surface area contributed by atoms with Crippen LogP contribution in [-0.2, 0) is 16.1 Å². The van der Waals surface area contributed by atoms with Crippen LogP contribution >= 0.6 is 0 Å². The molecule has 2 aromatic carbocycles. The molecule has 1 aliphatic carbocycles. The number of pyridine rings is 1. The zero-order chi connectivity index (χ0) is 21.8. The van der Waals surface area contributed by atoms with Crippen LogP contribution in [0.5, 0.6) is 0 Å². The van der Waals surface area contributed by atoms with Crippen LogP contribution in [0.1, 0.15) is 34.3 Å². The number of esters is 1. The summed E-state index contributed by atoms with van der Waals surface area (Å²) >= 11 is 0. The van der Waals surface area contributed by atoms with Crippen LogP contribution in [0.2, 0.25) is 0 Å². The molecule has 4 rings (SSSR count). The minimum Gasteiger partial charge on any atom is -0.465 e. The number of hydrogen-bond donors (Lipinski definition) is 2. The van der Waals surface area contributed by atoms with Gasteiger partial charge in [-0.2, -0.15) is 0 Å². The quantitative estimate of drug-likeness (QED) is 0.542. The van der Waals surface area contributed by atoms with E-state index < -0.39 is 0 Å². The van der Waals surface area contributed by atoms with Crippen molar-refractivity contribution >= 4 is 23.4 Å². The molecule has 0 spiro atoms. The SMILES string of the molecule is COC(=O)c1ccccc1-c1ccc(CNc2nccc(C)c2NC(=O)C2CC2)cc1. The lowest BCUT2D eigenvalue weighted by atomic mass is 9.98. The summed E-state index contributed by atoms with van der Waals surface area (Å²) in [6.07, 6.45) is 3.65. The van der Waals surface area contributed by atoms with Crippen LogP contribution in [0, 0.1) is 12.8 Å². The highest BCUT2D eigenvalue weighted by Crippen LogP contribution is 2.32. The van der Waals surface area contributed by atoms with Crippen LogP contribution in [0.4, 0.5) is 11.5 Å². The van der Waals surface area contributed by atoms with E-state index in [-0.39, 0.29) is 17.8 Å². The number of aryl methyl sites for hydroxylation is 1. The van der Waals surface area contributed by atoms with Crippen molar-refractivity contribution in [1.29, 1.82) is 0 Å². The van der Waals surface area contributed by atoms with E-state index in [9.17, 15) is 9.59 Å². The van der Waals surface area contributed by atoms with Gasteiger partial charge in [0.15, 0.2) is 0 Å². The number of anilines is 2. The number of carbonyl (C=O) groups excluding carboxylic acids is 2. The zero-order valence-electron chi connectivity index (χ0n) is 17.6. The van der Waals surface area contributed by atoms with Gasteiger partial charge in [-0.15, -0.1) is 0 Å². The molecule has 3 aromatic rings. The smallest absolute Gasteiger partial charge is 0.338 e. The Kier molecular flexibility index (Phi) is 5.98. The first-order valence-electron chi connectivity index (χ1n) is 10.3. The number of nitrogens with zero attached hydrogens (tertiary/aromatic N) is 1. The van der Waals surface area contributed by atoms with Gasteiger partial charge in [0.2, 0.25) is 5.91 Å². The molecular weight excluding hydrogens is 390 g/mol. The number of carbonyl (C=O) groups is 2. The Labute approximate surface area is 181 Å². The van der Waals surface area contributed by atoms with Gasteiger partial charge in [-0.05, 0) is 54.2 Å². The highest BCUT2D eigenvalue weighted by Gasteiger charge is 2.30. The lowest BCUT2D eigenvalue weighted by molar-refractivity contribution is -0.117. The van der Waals surface area contributed by atoms with E-state index in [0.717, 1.165) is 40.8 Å². The molecule has 1 saturated carbocycles. The predicted octanol–water partition coefficient (Wildman–Crippen LogP) is 4.80. The van der Waals surface area contributed by atoms with E-state index in [1.807, 2.05) is 55.5 Å². The van der Waals surface area contributed by atoms with Gasteiger partial charge in [0.05, 0.1) is 18.4 Å². The summed E-state index contributed by atoms with van der Waals surface area (Å²) in [4.78, 5) is 28.7. The van der Waals surface area contributed by atoms with Crippen molar-refractivity contribution in [3.63, 3.8) is 0 Å². The summed E-state index contributed by atoms with van der Waals surface area (Å²) < 4.78 is 4.89. The molecule has 1 fully saturated rings. The Bertz CT molecular complexity index is 1110. The number of methoxy groups -OCH3 is 1. The van der Waals surface area contributed by atoms with Gasteiger partial charge in [0.1, 0.15) is 5.82 Å². The monoisotopic (exact) mass is 415 g/mol. The van der Waals surface area contributed by atoms with E-state index in [1.165, 1.54) is 7.11 Å². The zero-order valence-corrected chi connectivity index (χ0v) is 17.6. The maximum Gasteiger partial charge on any atom is 0.338 e. The molecule has 0 radical (unpaired) electrons. The largest absolute Gasteiger partial charge is 0.465 e. The third-order valence-electron chi connectivity index (χ3n) is 5.41. The van der Waals surface area contributed by atoms with Crippen molar-refractivity contribution in [3.05, 3.63) is 77.5 Å². The second kappa shape index (κ2) is 9.00. The van der Waals surface area contributed by atoms with E-state index in [0.29, 0.717) is 17.9 Å². The average molecular weight is 415 g/mol. The van der Waals surface area contributed by atoms with Crippen molar-refractivity contribution in [2.45, 2.75) is 26.3 Å². The first kappa shape index (κ1) is 20.6. The highest BCUT2D eigenvalue weighted by atomic mass is 16.5. The van der Waals surface area contributed by atoms with Crippen molar-refractivity contribution in [3.8, 4) is 11.1 Å². The van der Waals surface area contributed by atoms with Crippen molar-refractivity contribution in [2.24, 2.45) is 5.92 Å². The molecule has 0 aliphatic heterocycles. The first-order chi connectivity index (χ1) is 15.1. The summed E-state index contributed by atoms with van der Waals surface area (Å²) in [5.74, 6) is 0.502. The Hall–Kier alpha value is -3.67. The van der Waals surface area contributed by atoms with Gasteiger partial charge >= 0.3 is 5.97 Å². The van der Waals surface area contributed by atoms with Gasteiger partial charge in [0.25, 0.3) is 0 Å². The van der Waals surface area contributed by atoms with Crippen LogP contribution in [-0.4, -0.2) is 24.0 Å². The molecule has 6 nitrogen and oxygen atoms in total. The first-order valence-corrected chi connectivity index (χ1v) is 10.3. The third-order valence-corrected chi connectivity index (χ3v) is 5.41. The van der Waals surface area contributed by atoms with Gasteiger partial charge in [-0.3, -0.25) is 4.79 Å². The van der Waals surface area contributed by atoms with Crippen LogP contribution in [0.25, 0.3) is 11.1 Å². The van der Waals surface area contributed by atoms with Crippen molar-refractivity contribution in [1.82, 2.24) is 4.98 Å². The lowest BCUT2D eigenvalue weighted by Crippen LogP contribution is -2.16. The van der Waals surface area contributed by atoms with E-state index in [2.05, 4.69) is 15.6 Å². The number of ether oxygens (including phenoxy) is 1. The van der Waals surface area contributed by atoms with E-state index in [4.69, 9.17) is 4.74 Å². The number of aromatic nitrogens is 1. The Morgan fingerprint density at radius 2 is 1.81 bits per heavy atom. The summed E-state index contributed by atoms with van der Waals surface area (Å²) in [5.41, 5.74) is 5.08. The minimum atomic E-state index is -0.354. The van der Waals surface area contributed by atoms with E-state index >= 15 is 0 Å². The van der Waals surface area contributed by atoms with Gasteiger partial charge in [0, 0.05) is 18.7 Å². The molecule has 158 valence electrons. The summed E-state index contributed by atoms with van der Waals surface area (Å²) in [6, 6.07) is 17.3. The maximum atomic E-state index is 12.2. The number of hydrogen-bond acceptors (Lipinski definition) is 5.